The molecule has 0 aliphatic carbocycles. The second-order valence-corrected chi connectivity index (χ2v) is 3.65. The van der Waals surface area contributed by atoms with Crippen molar-refractivity contribution in [2.75, 3.05) is 4.90 Å². The summed E-state index contributed by atoms with van der Waals surface area (Å²) in [6.45, 7) is 3.39. The van der Waals surface area contributed by atoms with E-state index in [-0.39, 0.29) is 11.8 Å². The number of rotatable bonds is 0. The maximum atomic E-state index is 11.3. The number of benzene rings is 1. The molecule has 74 valence electrons. The highest BCUT2D eigenvalue weighted by Gasteiger charge is 2.36. The summed E-state index contributed by atoms with van der Waals surface area (Å²) < 4.78 is 0. The highest BCUT2D eigenvalue weighted by molar-refractivity contribution is 5.94. The van der Waals surface area contributed by atoms with E-state index < -0.39 is 6.23 Å². The number of hydrogen-bond donors (Lipinski definition) is 1. The van der Waals surface area contributed by atoms with Gasteiger partial charge in [-0.15, -0.1) is 0 Å². The summed E-state index contributed by atoms with van der Waals surface area (Å²) in [5, 5.41) is 9.85. The van der Waals surface area contributed by atoms with E-state index in [2.05, 4.69) is 0 Å². The van der Waals surface area contributed by atoms with Crippen molar-refractivity contribution in [3.8, 4) is 0 Å². The van der Waals surface area contributed by atoms with Crippen LogP contribution in [0.3, 0.4) is 0 Å². The van der Waals surface area contributed by atoms with Crippen LogP contribution in [0.15, 0.2) is 24.3 Å². The monoisotopic (exact) mass is 191 g/mol. The van der Waals surface area contributed by atoms with Gasteiger partial charge in [-0.1, -0.05) is 25.1 Å². The molecule has 0 unspecified atom stereocenters. The van der Waals surface area contributed by atoms with Crippen LogP contribution in [-0.2, 0) is 4.79 Å². The Morgan fingerprint density at radius 3 is 2.71 bits per heavy atom. The van der Waals surface area contributed by atoms with E-state index in [1.165, 1.54) is 11.8 Å². The quantitative estimate of drug-likeness (QED) is 0.674. The summed E-state index contributed by atoms with van der Waals surface area (Å²) in [6, 6.07) is 7.61. The molecule has 0 fully saturated rings. The molecule has 0 saturated heterocycles. The first-order valence-corrected chi connectivity index (χ1v) is 4.69. The fourth-order valence-electron chi connectivity index (χ4n) is 1.97. The van der Waals surface area contributed by atoms with Crippen LogP contribution in [-0.4, -0.2) is 17.2 Å². The molecule has 3 heteroatoms. The van der Waals surface area contributed by atoms with Gasteiger partial charge in [0, 0.05) is 18.5 Å². The molecular formula is C11H13NO2. The first-order chi connectivity index (χ1) is 6.63. The van der Waals surface area contributed by atoms with Gasteiger partial charge in [0.15, 0.2) is 0 Å². The van der Waals surface area contributed by atoms with E-state index in [0.29, 0.717) is 0 Å². The summed E-state index contributed by atoms with van der Waals surface area (Å²) in [4.78, 5) is 12.8. The minimum absolute atomic E-state index is 0.00454. The van der Waals surface area contributed by atoms with Crippen LogP contribution >= 0.6 is 0 Å². The van der Waals surface area contributed by atoms with Gasteiger partial charge in [0.2, 0.25) is 5.91 Å². The largest absolute Gasteiger partial charge is 0.372 e. The van der Waals surface area contributed by atoms with Crippen LogP contribution in [0, 0.1) is 0 Å². The summed E-state index contributed by atoms with van der Waals surface area (Å²) in [6.07, 6.45) is -0.718. The van der Waals surface area contributed by atoms with Crippen LogP contribution in [0.4, 0.5) is 5.69 Å². The van der Waals surface area contributed by atoms with Crippen molar-refractivity contribution in [1.29, 1.82) is 0 Å². The number of carbonyl (C=O) groups is 1. The van der Waals surface area contributed by atoms with Crippen LogP contribution in [0.1, 0.15) is 25.3 Å². The molecule has 1 aliphatic heterocycles. The minimum Gasteiger partial charge on any atom is -0.372 e. The Labute approximate surface area is 83.0 Å². The maximum absolute atomic E-state index is 11.3. The van der Waals surface area contributed by atoms with E-state index in [1.54, 1.807) is 0 Å². The van der Waals surface area contributed by atoms with Gasteiger partial charge >= 0.3 is 0 Å². The lowest BCUT2D eigenvalue weighted by molar-refractivity contribution is -0.118. The first kappa shape index (κ1) is 9.21. The van der Waals surface area contributed by atoms with Crippen molar-refractivity contribution >= 4 is 11.6 Å². The topological polar surface area (TPSA) is 40.5 Å². The van der Waals surface area contributed by atoms with Crippen LogP contribution in [0.2, 0.25) is 0 Å². The predicted octanol–water partition coefficient (Wildman–Crippen LogP) is 1.48. The Kier molecular flexibility index (Phi) is 2.04. The lowest BCUT2D eigenvalue weighted by Gasteiger charge is -2.20. The molecule has 3 nitrogen and oxygen atoms in total. The number of aliphatic hydroxyl groups is 1. The number of fused-ring (bicyclic) bond motifs is 1. The molecule has 1 aromatic carbocycles. The number of anilines is 1. The van der Waals surface area contributed by atoms with E-state index in [0.717, 1.165) is 11.3 Å². The van der Waals surface area contributed by atoms with Gasteiger partial charge in [0.05, 0.1) is 0 Å². The first-order valence-electron chi connectivity index (χ1n) is 4.69. The fraction of sp³-hybridized carbons (Fsp3) is 0.364. The number of aliphatic hydroxyl groups excluding tert-OH is 1. The lowest BCUT2D eigenvalue weighted by atomic mass is 10.0. The summed E-state index contributed by atoms with van der Waals surface area (Å²) in [7, 11) is 0. The molecule has 0 radical (unpaired) electrons. The Balaban J connectivity index is 2.53. The van der Waals surface area contributed by atoms with Crippen LogP contribution < -0.4 is 4.90 Å². The zero-order chi connectivity index (χ0) is 10.3. The Bertz CT molecular complexity index is 375. The van der Waals surface area contributed by atoms with Gasteiger partial charge in [0.25, 0.3) is 0 Å². The number of amides is 1. The molecule has 0 spiro atoms. The molecule has 1 aliphatic rings. The van der Waals surface area contributed by atoms with Crippen molar-refractivity contribution in [2.45, 2.75) is 26.0 Å². The Morgan fingerprint density at radius 2 is 2.07 bits per heavy atom. The Hall–Kier alpha value is -1.35. The average molecular weight is 191 g/mol. The summed E-state index contributed by atoms with van der Waals surface area (Å²) >= 11 is 0. The third-order valence-electron chi connectivity index (χ3n) is 2.74. The third kappa shape index (κ3) is 1.13. The van der Waals surface area contributed by atoms with Crippen LogP contribution in [0.25, 0.3) is 0 Å². The second kappa shape index (κ2) is 3.10. The van der Waals surface area contributed by atoms with Gasteiger partial charge in [0.1, 0.15) is 6.23 Å². The van der Waals surface area contributed by atoms with Crippen molar-refractivity contribution in [1.82, 2.24) is 0 Å². The highest BCUT2D eigenvalue weighted by atomic mass is 16.3. The SMILES string of the molecule is CC(=O)N1c2ccccc2[C@@H](C)[C@H]1O. The van der Waals surface area contributed by atoms with Crippen molar-refractivity contribution in [3.05, 3.63) is 29.8 Å². The van der Waals surface area contributed by atoms with Gasteiger partial charge < -0.3 is 5.11 Å². The number of hydrogen-bond acceptors (Lipinski definition) is 2. The molecular weight excluding hydrogens is 178 g/mol. The maximum Gasteiger partial charge on any atom is 0.226 e. The van der Waals surface area contributed by atoms with Crippen LogP contribution in [0.5, 0.6) is 0 Å². The number of carbonyl (C=O) groups excluding carboxylic acids is 1. The van der Waals surface area contributed by atoms with Gasteiger partial charge in [-0.2, -0.15) is 0 Å². The zero-order valence-corrected chi connectivity index (χ0v) is 8.27. The lowest BCUT2D eigenvalue weighted by Crippen LogP contribution is -2.36. The normalized spacial score (nSPS) is 24.9. The molecule has 1 amide bonds. The van der Waals surface area contributed by atoms with E-state index in [1.807, 2.05) is 31.2 Å². The molecule has 0 bridgehead atoms. The minimum atomic E-state index is -0.718. The van der Waals surface area contributed by atoms with Gasteiger partial charge in [-0.05, 0) is 11.6 Å². The van der Waals surface area contributed by atoms with E-state index in [9.17, 15) is 9.90 Å². The fourth-order valence-corrected chi connectivity index (χ4v) is 1.97. The predicted molar refractivity (Wildman–Crippen MR) is 54.0 cm³/mol. The molecule has 2 rings (SSSR count). The second-order valence-electron chi connectivity index (χ2n) is 3.65. The van der Waals surface area contributed by atoms with Gasteiger partial charge in [-0.25, -0.2) is 0 Å². The average Bonchev–Trinajstić information content (AvgIpc) is 2.41. The molecule has 14 heavy (non-hydrogen) atoms. The molecule has 1 heterocycles. The smallest absolute Gasteiger partial charge is 0.226 e. The summed E-state index contributed by atoms with van der Waals surface area (Å²) in [5.41, 5.74) is 1.87. The zero-order valence-electron chi connectivity index (χ0n) is 8.27. The number of nitrogens with zero attached hydrogens (tertiary/aromatic N) is 1. The van der Waals surface area contributed by atoms with E-state index >= 15 is 0 Å². The standard InChI is InChI=1S/C11H13NO2/c1-7-9-5-3-4-6-10(9)12(8(2)13)11(7)14/h3-7,11,14H,1-2H3/t7-,11-/m1/s1. The Morgan fingerprint density at radius 1 is 1.43 bits per heavy atom. The van der Waals surface area contributed by atoms with Gasteiger partial charge in [-0.3, -0.25) is 9.69 Å². The third-order valence-corrected chi connectivity index (χ3v) is 2.74. The molecule has 2 atom stereocenters. The molecule has 0 aromatic heterocycles. The van der Waals surface area contributed by atoms with Crippen molar-refractivity contribution in [2.24, 2.45) is 0 Å². The number of para-hydroxylation sites is 1. The van der Waals surface area contributed by atoms with Crippen molar-refractivity contribution < 1.29 is 9.90 Å². The highest BCUT2D eigenvalue weighted by Crippen LogP contribution is 2.39. The molecule has 0 saturated carbocycles. The summed E-state index contributed by atoms with van der Waals surface area (Å²) in [5.74, 6) is -0.121. The van der Waals surface area contributed by atoms with E-state index in [4.69, 9.17) is 0 Å². The molecule has 1 aromatic rings. The van der Waals surface area contributed by atoms with Crippen molar-refractivity contribution in [3.63, 3.8) is 0 Å². The molecule has 1 N–H and O–H groups in total.